The van der Waals surface area contributed by atoms with Crippen LogP contribution in [0, 0.1) is 17.1 Å². The maximum Gasteiger partial charge on any atom is 0.150 e. The standard InChI is InChI=1S/C12H9BrFN5/c1-16-11-10(13)12(18-6-17-11)19-9-3-2-7(5-15)4-8(9)14/h2-4,6H,1H3,(H2,16,17,18,19). The number of anilines is 3. The number of hydrogen-bond acceptors (Lipinski definition) is 5. The molecule has 1 aromatic carbocycles. The van der Waals surface area contributed by atoms with Gasteiger partial charge >= 0.3 is 0 Å². The van der Waals surface area contributed by atoms with Gasteiger partial charge in [-0.1, -0.05) is 0 Å². The Morgan fingerprint density at radius 1 is 1.32 bits per heavy atom. The van der Waals surface area contributed by atoms with Crippen LogP contribution in [0.25, 0.3) is 0 Å². The van der Waals surface area contributed by atoms with Gasteiger partial charge in [-0.2, -0.15) is 5.26 Å². The summed E-state index contributed by atoms with van der Waals surface area (Å²) in [6.45, 7) is 0. The van der Waals surface area contributed by atoms with Gasteiger partial charge in [-0.25, -0.2) is 14.4 Å². The van der Waals surface area contributed by atoms with Crippen molar-refractivity contribution in [3.8, 4) is 6.07 Å². The fourth-order valence-electron chi connectivity index (χ4n) is 1.44. The molecule has 0 unspecified atom stereocenters. The molecule has 0 saturated carbocycles. The molecular formula is C12H9BrFN5. The lowest BCUT2D eigenvalue weighted by Gasteiger charge is -2.10. The van der Waals surface area contributed by atoms with Crippen LogP contribution in [0.3, 0.4) is 0 Å². The lowest BCUT2D eigenvalue weighted by Crippen LogP contribution is -2.01. The Morgan fingerprint density at radius 2 is 2.05 bits per heavy atom. The Hall–Kier alpha value is -2.20. The van der Waals surface area contributed by atoms with Gasteiger partial charge in [0, 0.05) is 7.05 Å². The molecule has 0 aliphatic carbocycles. The molecule has 19 heavy (non-hydrogen) atoms. The minimum absolute atomic E-state index is 0.237. The fourth-order valence-corrected chi connectivity index (χ4v) is 1.95. The average molecular weight is 322 g/mol. The first-order valence-electron chi connectivity index (χ1n) is 5.30. The second-order valence-electron chi connectivity index (χ2n) is 3.57. The largest absolute Gasteiger partial charge is 0.372 e. The highest BCUT2D eigenvalue weighted by Gasteiger charge is 2.10. The molecule has 7 heteroatoms. The van der Waals surface area contributed by atoms with Gasteiger partial charge < -0.3 is 10.6 Å². The minimum Gasteiger partial charge on any atom is -0.372 e. The molecule has 0 saturated heterocycles. The zero-order valence-electron chi connectivity index (χ0n) is 9.91. The number of nitrogens with one attached hydrogen (secondary N) is 2. The van der Waals surface area contributed by atoms with Gasteiger partial charge in [0.25, 0.3) is 0 Å². The number of nitrogens with zero attached hydrogens (tertiary/aromatic N) is 3. The Labute approximate surface area is 117 Å². The Kier molecular flexibility index (Phi) is 3.92. The van der Waals surface area contributed by atoms with E-state index >= 15 is 0 Å². The monoisotopic (exact) mass is 321 g/mol. The normalized spacial score (nSPS) is 9.79. The SMILES string of the molecule is CNc1ncnc(Nc2ccc(C#N)cc2F)c1Br. The molecule has 0 atom stereocenters. The quantitative estimate of drug-likeness (QED) is 0.909. The lowest BCUT2D eigenvalue weighted by atomic mass is 10.2. The summed E-state index contributed by atoms with van der Waals surface area (Å²) in [5.41, 5.74) is 0.501. The lowest BCUT2D eigenvalue weighted by molar-refractivity contribution is 0.631. The third kappa shape index (κ3) is 2.80. The molecule has 0 bridgehead atoms. The van der Waals surface area contributed by atoms with Crippen molar-refractivity contribution in [3.05, 3.63) is 40.4 Å². The number of benzene rings is 1. The van der Waals surface area contributed by atoms with E-state index in [0.717, 1.165) is 6.07 Å². The average Bonchev–Trinajstić information content (AvgIpc) is 2.43. The first-order chi connectivity index (χ1) is 9.15. The predicted octanol–water partition coefficient (Wildman–Crippen LogP) is 3.04. The summed E-state index contributed by atoms with van der Waals surface area (Å²) in [5.74, 6) is 0.505. The highest BCUT2D eigenvalue weighted by atomic mass is 79.9. The van der Waals surface area contributed by atoms with E-state index in [-0.39, 0.29) is 11.3 Å². The third-order valence-corrected chi connectivity index (χ3v) is 3.13. The molecule has 0 amide bonds. The van der Waals surface area contributed by atoms with Crippen molar-refractivity contribution in [1.29, 1.82) is 5.26 Å². The predicted molar refractivity (Wildman–Crippen MR) is 73.7 cm³/mol. The summed E-state index contributed by atoms with van der Waals surface area (Å²) in [4.78, 5) is 8.03. The zero-order chi connectivity index (χ0) is 13.8. The highest BCUT2D eigenvalue weighted by molar-refractivity contribution is 9.10. The van der Waals surface area contributed by atoms with Crippen molar-refractivity contribution >= 4 is 33.3 Å². The fraction of sp³-hybridized carbons (Fsp3) is 0.0833. The van der Waals surface area contributed by atoms with Crippen LogP contribution in [0.15, 0.2) is 29.0 Å². The molecule has 0 aliphatic rings. The van der Waals surface area contributed by atoms with Crippen LogP contribution in [0.4, 0.5) is 21.7 Å². The summed E-state index contributed by atoms with van der Waals surface area (Å²) in [6, 6.07) is 6.05. The maximum absolute atomic E-state index is 13.7. The van der Waals surface area contributed by atoms with E-state index in [2.05, 4.69) is 36.5 Å². The molecule has 0 aliphatic heterocycles. The summed E-state index contributed by atoms with van der Waals surface area (Å²) in [6.07, 6.45) is 1.36. The second-order valence-corrected chi connectivity index (χ2v) is 4.36. The van der Waals surface area contributed by atoms with E-state index in [1.807, 2.05) is 6.07 Å². The van der Waals surface area contributed by atoms with Crippen molar-refractivity contribution < 1.29 is 4.39 Å². The summed E-state index contributed by atoms with van der Waals surface area (Å²) >= 11 is 3.33. The highest BCUT2D eigenvalue weighted by Crippen LogP contribution is 2.29. The van der Waals surface area contributed by atoms with Crippen molar-refractivity contribution in [2.75, 3.05) is 17.7 Å². The molecular weight excluding hydrogens is 313 g/mol. The number of aromatic nitrogens is 2. The van der Waals surface area contributed by atoms with Crippen molar-refractivity contribution in [3.63, 3.8) is 0 Å². The zero-order valence-corrected chi connectivity index (χ0v) is 11.5. The van der Waals surface area contributed by atoms with E-state index < -0.39 is 5.82 Å². The Bertz CT molecular complexity index is 653. The van der Waals surface area contributed by atoms with E-state index in [4.69, 9.17) is 5.26 Å². The first kappa shape index (κ1) is 13.2. The molecule has 2 aromatic rings. The van der Waals surface area contributed by atoms with Crippen LogP contribution in [0.2, 0.25) is 0 Å². The molecule has 96 valence electrons. The summed E-state index contributed by atoms with van der Waals surface area (Å²) < 4.78 is 14.3. The van der Waals surface area contributed by atoms with Crippen molar-refractivity contribution in [1.82, 2.24) is 9.97 Å². The van der Waals surface area contributed by atoms with Crippen molar-refractivity contribution in [2.45, 2.75) is 0 Å². The topological polar surface area (TPSA) is 73.6 Å². The van der Waals surface area contributed by atoms with E-state index in [0.29, 0.717) is 16.1 Å². The molecule has 1 aromatic heterocycles. The molecule has 0 spiro atoms. The van der Waals surface area contributed by atoms with Gasteiger partial charge in [0.15, 0.2) is 0 Å². The van der Waals surface area contributed by atoms with Gasteiger partial charge in [-0.05, 0) is 34.1 Å². The van der Waals surface area contributed by atoms with Gasteiger partial charge in [-0.3, -0.25) is 0 Å². The van der Waals surface area contributed by atoms with Gasteiger partial charge in [0.1, 0.15) is 28.3 Å². The molecule has 1 heterocycles. The van der Waals surface area contributed by atoms with Gasteiger partial charge in [-0.15, -0.1) is 0 Å². The van der Waals surface area contributed by atoms with Crippen LogP contribution >= 0.6 is 15.9 Å². The maximum atomic E-state index is 13.7. The van der Waals surface area contributed by atoms with Crippen molar-refractivity contribution in [2.24, 2.45) is 0 Å². The van der Waals surface area contributed by atoms with Gasteiger partial charge in [0.2, 0.25) is 0 Å². The second kappa shape index (κ2) is 5.63. The molecule has 0 fully saturated rings. The third-order valence-electron chi connectivity index (χ3n) is 2.38. The Morgan fingerprint density at radius 3 is 2.68 bits per heavy atom. The minimum atomic E-state index is -0.518. The summed E-state index contributed by atoms with van der Waals surface area (Å²) in [5, 5.41) is 14.4. The van der Waals surface area contributed by atoms with Crippen LogP contribution in [0.5, 0.6) is 0 Å². The number of halogens is 2. The molecule has 2 rings (SSSR count). The van der Waals surface area contributed by atoms with E-state index in [1.54, 1.807) is 7.05 Å². The van der Waals surface area contributed by atoms with Gasteiger partial charge in [0.05, 0.1) is 17.3 Å². The summed E-state index contributed by atoms with van der Waals surface area (Å²) in [7, 11) is 1.72. The van der Waals surface area contributed by atoms with E-state index in [9.17, 15) is 4.39 Å². The Balaban J connectivity index is 2.34. The van der Waals surface area contributed by atoms with Crippen LogP contribution < -0.4 is 10.6 Å². The smallest absolute Gasteiger partial charge is 0.150 e. The van der Waals surface area contributed by atoms with Crippen LogP contribution in [-0.4, -0.2) is 17.0 Å². The number of nitriles is 1. The molecule has 2 N–H and O–H groups in total. The molecule has 0 radical (unpaired) electrons. The van der Waals surface area contributed by atoms with E-state index in [1.165, 1.54) is 18.5 Å². The number of hydrogen-bond donors (Lipinski definition) is 2. The van der Waals surface area contributed by atoms with Crippen LogP contribution in [0.1, 0.15) is 5.56 Å². The number of rotatable bonds is 3. The first-order valence-corrected chi connectivity index (χ1v) is 6.10. The van der Waals surface area contributed by atoms with Crippen LogP contribution in [-0.2, 0) is 0 Å². The molecule has 5 nitrogen and oxygen atoms in total.